The zero-order chi connectivity index (χ0) is 17.6. The number of carbonyl (C=O) groups is 1. The van der Waals surface area contributed by atoms with Crippen molar-refractivity contribution in [3.8, 4) is 11.3 Å². The third-order valence-electron chi connectivity index (χ3n) is 4.04. The summed E-state index contributed by atoms with van der Waals surface area (Å²) < 4.78 is 5.76. The number of rotatable bonds is 8. The fraction of sp³-hybridized carbons (Fsp3) is 0.474. The summed E-state index contributed by atoms with van der Waals surface area (Å²) in [4.78, 5) is 18.2. The van der Waals surface area contributed by atoms with Crippen LogP contribution in [-0.4, -0.2) is 35.9 Å². The average Bonchev–Trinajstić information content (AvgIpc) is 3.04. The smallest absolute Gasteiger partial charge is 0.222 e. The summed E-state index contributed by atoms with van der Waals surface area (Å²) >= 11 is 0. The molecule has 0 aliphatic heterocycles. The predicted octanol–water partition coefficient (Wildman–Crippen LogP) is 3.11. The lowest BCUT2D eigenvalue weighted by atomic mass is 9.93. The third-order valence-corrected chi connectivity index (χ3v) is 4.04. The van der Waals surface area contributed by atoms with Crippen LogP contribution in [0.2, 0.25) is 0 Å². The molecule has 1 heterocycles. The first kappa shape index (κ1) is 18.2. The molecule has 1 aromatic heterocycles. The molecule has 5 nitrogen and oxygen atoms in total. The van der Waals surface area contributed by atoms with Crippen molar-refractivity contribution in [2.24, 2.45) is 11.1 Å². The van der Waals surface area contributed by atoms with Gasteiger partial charge < -0.3 is 15.1 Å². The summed E-state index contributed by atoms with van der Waals surface area (Å²) in [6.07, 6.45) is 3.61. The lowest BCUT2D eigenvalue weighted by Gasteiger charge is -2.29. The lowest BCUT2D eigenvalue weighted by molar-refractivity contribution is -0.131. The van der Waals surface area contributed by atoms with E-state index in [1.54, 1.807) is 11.1 Å². The molecule has 0 atom stereocenters. The second kappa shape index (κ2) is 8.11. The van der Waals surface area contributed by atoms with Crippen molar-refractivity contribution in [1.82, 2.24) is 9.88 Å². The number of nitrogens with zero attached hydrogens (tertiary/aromatic N) is 2. The van der Waals surface area contributed by atoms with Crippen molar-refractivity contribution < 1.29 is 9.21 Å². The molecule has 0 aliphatic rings. The number of benzene rings is 1. The number of aryl methyl sites for hydroxylation is 1. The Kier molecular flexibility index (Phi) is 6.15. The molecule has 130 valence electrons. The Balaban J connectivity index is 1.80. The van der Waals surface area contributed by atoms with Gasteiger partial charge in [0.05, 0.1) is 6.20 Å². The van der Waals surface area contributed by atoms with Crippen LogP contribution in [0.3, 0.4) is 0 Å². The number of hydrogen-bond donors (Lipinski definition) is 1. The van der Waals surface area contributed by atoms with E-state index in [1.807, 2.05) is 37.4 Å². The molecule has 0 aliphatic carbocycles. The Bertz CT molecular complexity index is 650. The van der Waals surface area contributed by atoms with Gasteiger partial charge in [-0.3, -0.25) is 4.79 Å². The first-order chi connectivity index (χ1) is 11.4. The van der Waals surface area contributed by atoms with Crippen LogP contribution in [0.4, 0.5) is 0 Å². The number of amides is 1. The molecule has 5 heteroatoms. The van der Waals surface area contributed by atoms with E-state index in [-0.39, 0.29) is 11.3 Å². The van der Waals surface area contributed by atoms with Crippen molar-refractivity contribution in [2.75, 3.05) is 20.1 Å². The number of nitrogens with two attached hydrogens (primary N) is 1. The van der Waals surface area contributed by atoms with Crippen LogP contribution in [-0.2, 0) is 11.2 Å². The van der Waals surface area contributed by atoms with E-state index in [2.05, 4.69) is 18.8 Å². The summed E-state index contributed by atoms with van der Waals surface area (Å²) in [6, 6.07) is 9.88. The Hall–Kier alpha value is -2.14. The van der Waals surface area contributed by atoms with Crippen molar-refractivity contribution in [3.05, 3.63) is 42.4 Å². The summed E-state index contributed by atoms with van der Waals surface area (Å²) in [5.74, 6) is 1.57. The second-order valence-electron chi connectivity index (χ2n) is 6.96. The maximum absolute atomic E-state index is 12.2. The van der Waals surface area contributed by atoms with Crippen LogP contribution in [0.1, 0.15) is 32.6 Å². The van der Waals surface area contributed by atoms with Gasteiger partial charge in [0.25, 0.3) is 0 Å². The van der Waals surface area contributed by atoms with E-state index in [4.69, 9.17) is 10.2 Å². The minimum atomic E-state index is -0.0580. The zero-order valence-corrected chi connectivity index (χ0v) is 14.8. The van der Waals surface area contributed by atoms with Crippen LogP contribution in [0.25, 0.3) is 11.3 Å². The van der Waals surface area contributed by atoms with Crippen LogP contribution in [0.15, 0.2) is 40.9 Å². The molecule has 1 amide bonds. The highest BCUT2D eigenvalue weighted by Crippen LogP contribution is 2.20. The van der Waals surface area contributed by atoms with E-state index in [9.17, 15) is 4.79 Å². The summed E-state index contributed by atoms with van der Waals surface area (Å²) in [7, 11) is 1.83. The first-order valence-corrected chi connectivity index (χ1v) is 8.35. The Morgan fingerprint density at radius 1 is 1.29 bits per heavy atom. The molecule has 0 bridgehead atoms. The lowest BCUT2D eigenvalue weighted by Crippen LogP contribution is -2.39. The SMILES string of the molecule is CN(CC(C)(C)CN)C(=O)CCCc1ncc(-c2ccccc2)o1. The summed E-state index contributed by atoms with van der Waals surface area (Å²) in [5.41, 5.74) is 6.67. The Labute approximate surface area is 143 Å². The van der Waals surface area contributed by atoms with Crippen molar-refractivity contribution in [2.45, 2.75) is 33.1 Å². The second-order valence-corrected chi connectivity index (χ2v) is 6.96. The molecule has 0 radical (unpaired) electrons. The number of hydrogen-bond acceptors (Lipinski definition) is 4. The maximum Gasteiger partial charge on any atom is 0.222 e. The van der Waals surface area contributed by atoms with E-state index < -0.39 is 0 Å². The summed E-state index contributed by atoms with van der Waals surface area (Å²) in [5, 5.41) is 0. The van der Waals surface area contributed by atoms with Crippen LogP contribution in [0.5, 0.6) is 0 Å². The van der Waals surface area contributed by atoms with Crippen LogP contribution in [0, 0.1) is 5.41 Å². The molecule has 2 rings (SSSR count). The molecule has 0 saturated carbocycles. The normalized spacial score (nSPS) is 11.5. The van der Waals surface area contributed by atoms with Gasteiger partial charge in [-0.25, -0.2) is 4.98 Å². The number of aromatic nitrogens is 1. The van der Waals surface area contributed by atoms with Gasteiger partial charge in [0, 0.05) is 32.0 Å². The molecule has 1 aromatic carbocycles. The van der Waals surface area contributed by atoms with Gasteiger partial charge in [0.2, 0.25) is 5.91 Å². The van der Waals surface area contributed by atoms with E-state index in [0.29, 0.717) is 31.8 Å². The van der Waals surface area contributed by atoms with Gasteiger partial charge in [0.15, 0.2) is 11.7 Å². The molecule has 2 aromatic rings. The predicted molar refractivity (Wildman–Crippen MR) is 95.3 cm³/mol. The van der Waals surface area contributed by atoms with Gasteiger partial charge in [-0.15, -0.1) is 0 Å². The molecule has 0 saturated heterocycles. The Morgan fingerprint density at radius 2 is 2.00 bits per heavy atom. The van der Waals surface area contributed by atoms with Crippen molar-refractivity contribution >= 4 is 5.91 Å². The molecular weight excluding hydrogens is 302 g/mol. The minimum absolute atomic E-state index is 0.0580. The summed E-state index contributed by atoms with van der Waals surface area (Å²) in [6.45, 7) is 5.35. The molecule has 0 spiro atoms. The zero-order valence-electron chi connectivity index (χ0n) is 14.8. The minimum Gasteiger partial charge on any atom is -0.441 e. The fourth-order valence-corrected chi connectivity index (χ4v) is 2.54. The molecule has 2 N–H and O–H groups in total. The standard InChI is InChI=1S/C19H27N3O2/c1-19(2,13-20)14-22(3)18(23)11-7-10-17-21-12-16(24-17)15-8-5-4-6-9-15/h4-6,8-9,12H,7,10-11,13-14,20H2,1-3H3. The molecule has 0 fully saturated rings. The number of carbonyl (C=O) groups excluding carboxylic acids is 1. The highest BCUT2D eigenvalue weighted by atomic mass is 16.4. The third kappa shape index (κ3) is 5.20. The van der Waals surface area contributed by atoms with Crippen LogP contribution >= 0.6 is 0 Å². The maximum atomic E-state index is 12.2. The van der Waals surface area contributed by atoms with Gasteiger partial charge in [0.1, 0.15) is 0 Å². The van der Waals surface area contributed by atoms with E-state index in [1.165, 1.54) is 0 Å². The average molecular weight is 329 g/mol. The number of oxazole rings is 1. The van der Waals surface area contributed by atoms with Crippen molar-refractivity contribution in [3.63, 3.8) is 0 Å². The quantitative estimate of drug-likeness (QED) is 0.807. The first-order valence-electron chi connectivity index (χ1n) is 8.35. The molecule has 24 heavy (non-hydrogen) atoms. The fourth-order valence-electron chi connectivity index (χ4n) is 2.54. The largest absolute Gasteiger partial charge is 0.441 e. The monoisotopic (exact) mass is 329 g/mol. The topological polar surface area (TPSA) is 72.4 Å². The highest BCUT2D eigenvalue weighted by Gasteiger charge is 2.20. The van der Waals surface area contributed by atoms with E-state index in [0.717, 1.165) is 17.7 Å². The Morgan fingerprint density at radius 3 is 2.67 bits per heavy atom. The highest BCUT2D eigenvalue weighted by molar-refractivity contribution is 5.75. The van der Waals surface area contributed by atoms with Gasteiger partial charge >= 0.3 is 0 Å². The molecule has 0 unspecified atom stereocenters. The van der Waals surface area contributed by atoms with Gasteiger partial charge in [-0.05, 0) is 18.4 Å². The van der Waals surface area contributed by atoms with Crippen molar-refractivity contribution in [1.29, 1.82) is 0 Å². The van der Waals surface area contributed by atoms with Gasteiger partial charge in [-0.2, -0.15) is 0 Å². The van der Waals surface area contributed by atoms with Gasteiger partial charge in [-0.1, -0.05) is 44.2 Å². The van der Waals surface area contributed by atoms with E-state index >= 15 is 0 Å². The van der Waals surface area contributed by atoms with Crippen LogP contribution < -0.4 is 5.73 Å². The molecular formula is C19H27N3O2.